The molecular formula is C18H22O2. The van der Waals surface area contributed by atoms with Gasteiger partial charge in [-0.1, -0.05) is 44.2 Å². The molecule has 0 amide bonds. The highest BCUT2D eigenvalue weighted by Gasteiger charge is 2.39. The zero-order valence-corrected chi connectivity index (χ0v) is 12.2. The van der Waals surface area contributed by atoms with E-state index in [0.29, 0.717) is 0 Å². The molecule has 1 aliphatic rings. The van der Waals surface area contributed by atoms with Crippen LogP contribution < -0.4 is 4.74 Å². The van der Waals surface area contributed by atoms with Gasteiger partial charge in [-0.2, -0.15) is 0 Å². The lowest BCUT2D eigenvalue weighted by Crippen LogP contribution is -2.46. The van der Waals surface area contributed by atoms with Gasteiger partial charge in [0.1, 0.15) is 11.9 Å². The van der Waals surface area contributed by atoms with Gasteiger partial charge in [-0.05, 0) is 47.6 Å². The van der Waals surface area contributed by atoms with E-state index in [0.717, 1.165) is 25.0 Å². The topological polar surface area (TPSA) is 29.5 Å². The number of ether oxygens (including phenoxy) is 1. The van der Waals surface area contributed by atoms with Crippen LogP contribution in [0.15, 0.2) is 42.5 Å². The SMILES string of the molecule is CC1(C)CCCC(Oc2ccc3ccccc3c2)C1O. The predicted octanol–water partition coefficient (Wildman–Crippen LogP) is 4.16. The summed E-state index contributed by atoms with van der Waals surface area (Å²) in [5, 5.41) is 12.8. The maximum absolute atomic E-state index is 10.4. The van der Waals surface area contributed by atoms with E-state index in [2.05, 4.69) is 38.1 Å². The van der Waals surface area contributed by atoms with Gasteiger partial charge in [0.2, 0.25) is 0 Å². The lowest BCUT2D eigenvalue weighted by Gasteiger charge is -2.40. The molecule has 0 aromatic heterocycles. The first kappa shape index (κ1) is 13.4. The van der Waals surface area contributed by atoms with Crippen LogP contribution in [0.3, 0.4) is 0 Å². The molecule has 0 spiro atoms. The average Bonchev–Trinajstić information content (AvgIpc) is 2.44. The van der Waals surface area contributed by atoms with Crippen molar-refractivity contribution in [3.05, 3.63) is 42.5 Å². The summed E-state index contributed by atoms with van der Waals surface area (Å²) in [6.07, 6.45) is 2.61. The van der Waals surface area contributed by atoms with E-state index in [4.69, 9.17) is 4.74 Å². The second kappa shape index (κ2) is 5.10. The number of fused-ring (bicyclic) bond motifs is 1. The number of aliphatic hydroxyl groups excluding tert-OH is 1. The molecule has 2 nitrogen and oxygen atoms in total. The molecule has 2 aromatic carbocycles. The molecule has 0 radical (unpaired) electrons. The van der Waals surface area contributed by atoms with E-state index in [9.17, 15) is 5.11 Å². The molecule has 106 valence electrons. The Labute approximate surface area is 120 Å². The summed E-state index contributed by atoms with van der Waals surface area (Å²) in [7, 11) is 0. The zero-order chi connectivity index (χ0) is 14.2. The zero-order valence-electron chi connectivity index (χ0n) is 12.2. The minimum absolute atomic E-state index is 0.0558. The van der Waals surface area contributed by atoms with Crippen LogP contribution in [0.1, 0.15) is 33.1 Å². The molecule has 2 atom stereocenters. The van der Waals surface area contributed by atoms with Crippen LogP contribution >= 0.6 is 0 Å². The van der Waals surface area contributed by atoms with Crippen LogP contribution in [0.5, 0.6) is 5.75 Å². The Balaban J connectivity index is 1.82. The van der Waals surface area contributed by atoms with Gasteiger partial charge in [0.05, 0.1) is 6.10 Å². The molecule has 3 rings (SSSR count). The number of hydrogen-bond donors (Lipinski definition) is 1. The van der Waals surface area contributed by atoms with Crippen molar-refractivity contribution in [3.63, 3.8) is 0 Å². The van der Waals surface area contributed by atoms with E-state index in [-0.39, 0.29) is 11.5 Å². The maximum atomic E-state index is 10.4. The van der Waals surface area contributed by atoms with Crippen molar-refractivity contribution in [2.24, 2.45) is 5.41 Å². The Kier molecular flexibility index (Phi) is 3.43. The summed E-state index contributed by atoms with van der Waals surface area (Å²) < 4.78 is 6.06. The van der Waals surface area contributed by atoms with Crippen LogP contribution in [0.25, 0.3) is 10.8 Å². The van der Waals surface area contributed by atoms with Gasteiger partial charge >= 0.3 is 0 Å². The molecule has 1 N–H and O–H groups in total. The first-order chi connectivity index (χ1) is 9.56. The number of aliphatic hydroxyl groups is 1. The highest BCUT2D eigenvalue weighted by Crippen LogP contribution is 2.37. The summed E-state index contributed by atoms with van der Waals surface area (Å²) in [6, 6.07) is 14.4. The third kappa shape index (κ3) is 2.53. The molecule has 2 heteroatoms. The van der Waals surface area contributed by atoms with Crippen LogP contribution in [0.4, 0.5) is 0 Å². The monoisotopic (exact) mass is 270 g/mol. The van der Waals surface area contributed by atoms with E-state index < -0.39 is 6.10 Å². The van der Waals surface area contributed by atoms with Crippen molar-refractivity contribution in [3.8, 4) is 5.75 Å². The molecular weight excluding hydrogens is 248 g/mol. The lowest BCUT2D eigenvalue weighted by molar-refractivity contribution is -0.0689. The molecule has 0 heterocycles. The molecule has 0 bridgehead atoms. The summed E-state index contributed by atoms with van der Waals surface area (Å²) in [4.78, 5) is 0. The molecule has 2 unspecified atom stereocenters. The maximum Gasteiger partial charge on any atom is 0.125 e. The second-order valence-corrected chi connectivity index (χ2v) is 6.49. The minimum atomic E-state index is -0.400. The molecule has 20 heavy (non-hydrogen) atoms. The van der Waals surface area contributed by atoms with E-state index in [1.807, 2.05) is 18.2 Å². The lowest BCUT2D eigenvalue weighted by atomic mass is 9.73. The van der Waals surface area contributed by atoms with Gasteiger partial charge in [0.25, 0.3) is 0 Å². The summed E-state index contributed by atoms with van der Waals surface area (Å²) in [5.41, 5.74) is -0.0558. The van der Waals surface area contributed by atoms with Crippen molar-refractivity contribution in [1.29, 1.82) is 0 Å². The Bertz CT molecular complexity index is 603. The summed E-state index contributed by atoms with van der Waals surface area (Å²) >= 11 is 0. The van der Waals surface area contributed by atoms with Crippen LogP contribution in [-0.4, -0.2) is 17.3 Å². The molecule has 0 saturated heterocycles. The van der Waals surface area contributed by atoms with Gasteiger partial charge in [-0.15, -0.1) is 0 Å². The highest BCUT2D eigenvalue weighted by atomic mass is 16.5. The molecule has 1 saturated carbocycles. The molecule has 1 aliphatic carbocycles. The Morgan fingerprint density at radius 3 is 2.65 bits per heavy atom. The Morgan fingerprint density at radius 2 is 1.85 bits per heavy atom. The van der Waals surface area contributed by atoms with Gasteiger partial charge < -0.3 is 9.84 Å². The molecule has 1 fully saturated rings. The second-order valence-electron chi connectivity index (χ2n) is 6.49. The standard InChI is InChI=1S/C18H22O2/c1-18(2)11-5-8-16(17(18)19)20-15-10-9-13-6-3-4-7-14(13)12-15/h3-4,6-7,9-10,12,16-17,19H,5,8,11H2,1-2H3. The van der Waals surface area contributed by atoms with Gasteiger partial charge in [-0.25, -0.2) is 0 Å². The number of rotatable bonds is 2. The van der Waals surface area contributed by atoms with Crippen molar-refractivity contribution in [2.75, 3.05) is 0 Å². The fraction of sp³-hybridized carbons (Fsp3) is 0.444. The Morgan fingerprint density at radius 1 is 1.10 bits per heavy atom. The number of benzene rings is 2. The molecule has 0 aliphatic heterocycles. The van der Waals surface area contributed by atoms with E-state index in [1.165, 1.54) is 10.8 Å². The quantitative estimate of drug-likeness (QED) is 0.888. The van der Waals surface area contributed by atoms with E-state index in [1.54, 1.807) is 0 Å². The van der Waals surface area contributed by atoms with E-state index >= 15 is 0 Å². The van der Waals surface area contributed by atoms with Crippen LogP contribution in [0.2, 0.25) is 0 Å². The van der Waals surface area contributed by atoms with Gasteiger partial charge in [0, 0.05) is 0 Å². The highest BCUT2D eigenvalue weighted by molar-refractivity contribution is 5.83. The van der Waals surface area contributed by atoms with Crippen LogP contribution in [-0.2, 0) is 0 Å². The average molecular weight is 270 g/mol. The van der Waals surface area contributed by atoms with Gasteiger partial charge in [-0.3, -0.25) is 0 Å². The minimum Gasteiger partial charge on any atom is -0.488 e. The normalized spacial score (nSPS) is 25.6. The van der Waals surface area contributed by atoms with Crippen molar-refractivity contribution < 1.29 is 9.84 Å². The van der Waals surface area contributed by atoms with Gasteiger partial charge in [0.15, 0.2) is 0 Å². The first-order valence-electron chi connectivity index (χ1n) is 7.40. The largest absolute Gasteiger partial charge is 0.488 e. The Hall–Kier alpha value is -1.54. The predicted molar refractivity (Wildman–Crippen MR) is 82.0 cm³/mol. The first-order valence-corrected chi connectivity index (χ1v) is 7.40. The fourth-order valence-corrected chi connectivity index (χ4v) is 3.11. The molecule has 2 aromatic rings. The smallest absolute Gasteiger partial charge is 0.125 e. The van der Waals surface area contributed by atoms with Crippen LogP contribution in [0, 0.1) is 5.41 Å². The third-order valence-corrected chi connectivity index (χ3v) is 4.47. The summed E-state index contributed by atoms with van der Waals surface area (Å²) in [6.45, 7) is 4.24. The third-order valence-electron chi connectivity index (χ3n) is 4.47. The van der Waals surface area contributed by atoms with Crippen molar-refractivity contribution in [2.45, 2.75) is 45.3 Å². The van der Waals surface area contributed by atoms with Crippen molar-refractivity contribution in [1.82, 2.24) is 0 Å². The fourth-order valence-electron chi connectivity index (χ4n) is 3.11. The number of hydrogen-bond acceptors (Lipinski definition) is 2. The summed E-state index contributed by atoms with van der Waals surface area (Å²) in [5.74, 6) is 0.852. The van der Waals surface area contributed by atoms with Crippen molar-refractivity contribution >= 4 is 10.8 Å².